The summed E-state index contributed by atoms with van der Waals surface area (Å²) in [6.45, 7) is 2.14. The van der Waals surface area contributed by atoms with Crippen molar-refractivity contribution in [2.75, 3.05) is 18.5 Å². The van der Waals surface area contributed by atoms with Crippen LogP contribution in [0.3, 0.4) is 0 Å². The van der Waals surface area contributed by atoms with E-state index in [4.69, 9.17) is 9.37 Å². The molecular weight excluding hydrogens is 452 g/mol. The second-order valence-corrected chi connectivity index (χ2v) is 8.82. The Balaban J connectivity index is 1.24. The molecule has 0 spiro atoms. The Morgan fingerprint density at radius 1 is 1.09 bits per heavy atom. The number of aromatic nitrogens is 2. The molecular formula is C25H24N4O6. The van der Waals surface area contributed by atoms with E-state index in [-0.39, 0.29) is 36.6 Å². The van der Waals surface area contributed by atoms with E-state index < -0.39 is 23.9 Å². The van der Waals surface area contributed by atoms with Crippen LogP contribution in [0.4, 0.5) is 10.6 Å². The van der Waals surface area contributed by atoms with E-state index >= 15 is 0 Å². The highest BCUT2D eigenvalue weighted by Crippen LogP contribution is 2.44. The largest absolute Gasteiger partial charge is 0.481 e. The standard InChI is InChI=1S/C25H24N4O6/c1-14-12-15(24(31)32)10-11-29(14)23(30)21-22(28-35-27-21)26-25(33)34-13-20-18-8-4-2-6-16(18)17-7-3-5-9-19(17)20/h2-9,14-15,20H,10-13H2,1H3,(H,31,32)(H,26,28,33)/t14-,15-/m1/s1. The van der Waals surface area contributed by atoms with Gasteiger partial charge in [0.1, 0.15) is 6.61 Å². The lowest BCUT2D eigenvalue weighted by molar-refractivity contribution is -0.143. The number of carbonyl (C=O) groups is 3. The van der Waals surface area contributed by atoms with E-state index in [9.17, 15) is 19.5 Å². The van der Waals surface area contributed by atoms with E-state index in [1.54, 1.807) is 6.92 Å². The number of hydrogen-bond acceptors (Lipinski definition) is 7. The fraction of sp³-hybridized carbons (Fsp3) is 0.320. The number of ether oxygens (including phenoxy) is 1. The van der Waals surface area contributed by atoms with Crippen LogP contribution in [0.15, 0.2) is 53.2 Å². The third-order valence-electron chi connectivity index (χ3n) is 6.74. The highest BCUT2D eigenvalue weighted by Gasteiger charge is 2.35. The number of benzene rings is 2. The molecule has 2 aromatic carbocycles. The number of fused-ring (bicyclic) bond motifs is 3. The Kier molecular flexibility index (Phi) is 5.94. The molecule has 2 atom stereocenters. The molecule has 2 aliphatic rings. The van der Waals surface area contributed by atoms with Crippen LogP contribution < -0.4 is 5.32 Å². The van der Waals surface area contributed by atoms with Crippen molar-refractivity contribution in [1.82, 2.24) is 15.2 Å². The zero-order valence-corrected chi connectivity index (χ0v) is 19.0. The summed E-state index contributed by atoms with van der Waals surface area (Å²) < 4.78 is 10.2. The van der Waals surface area contributed by atoms with Gasteiger partial charge in [0.25, 0.3) is 5.91 Å². The van der Waals surface area contributed by atoms with Crippen molar-refractivity contribution in [3.8, 4) is 11.1 Å². The first kappa shape index (κ1) is 22.6. The number of aliphatic carboxylic acids is 1. The molecule has 2 amide bonds. The number of anilines is 1. The quantitative estimate of drug-likeness (QED) is 0.568. The van der Waals surface area contributed by atoms with Gasteiger partial charge in [0.05, 0.1) is 5.92 Å². The van der Waals surface area contributed by atoms with Gasteiger partial charge in [-0.1, -0.05) is 48.5 Å². The monoisotopic (exact) mass is 476 g/mol. The molecule has 5 rings (SSSR count). The van der Waals surface area contributed by atoms with Crippen molar-refractivity contribution in [3.63, 3.8) is 0 Å². The number of carboxylic acids is 1. The Bertz CT molecular complexity index is 1240. The van der Waals surface area contributed by atoms with Gasteiger partial charge < -0.3 is 14.7 Å². The predicted molar refractivity (Wildman–Crippen MR) is 124 cm³/mol. The SMILES string of the molecule is C[C@@H]1C[C@H](C(=O)O)CCN1C(=O)c1nonc1NC(=O)OCC1c2ccccc2-c2ccccc21. The van der Waals surface area contributed by atoms with E-state index in [0.717, 1.165) is 22.3 Å². The molecule has 35 heavy (non-hydrogen) atoms. The first-order valence-corrected chi connectivity index (χ1v) is 11.4. The summed E-state index contributed by atoms with van der Waals surface area (Å²) in [5, 5.41) is 19.0. The second kappa shape index (κ2) is 9.21. The molecule has 2 heterocycles. The summed E-state index contributed by atoms with van der Waals surface area (Å²) in [5.74, 6) is -2.11. The van der Waals surface area contributed by atoms with Crippen molar-refractivity contribution < 1.29 is 28.9 Å². The van der Waals surface area contributed by atoms with Crippen molar-refractivity contribution in [1.29, 1.82) is 0 Å². The highest BCUT2D eigenvalue weighted by molar-refractivity contribution is 5.99. The maximum Gasteiger partial charge on any atom is 0.412 e. The number of nitrogens with zero attached hydrogens (tertiary/aromatic N) is 3. The molecule has 1 fully saturated rings. The van der Waals surface area contributed by atoms with Crippen LogP contribution in [0.2, 0.25) is 0 Å². The van der Waals surface area contributed by atoms with Crippen LogP contribution in [0.5, 0.6) is 0 Å². The molecule has 10 heteroatoms. The smallest absolute Gasteiger partial charge is 0.412 e. The number of hydrogen-bond donors (Lipinski definition) is 2. The average Bonchev–Trinajstić information content (AvgIpc) is 3.44. The number of carbonyl (C=O) groups excluding carboxylic acids is 2. The van der Waals surface area contributed by atoms with Gasteiger partial charge in [0.15, 0.2) is 0 Å². The average molecular weight is 476 g/mol. The number of amides is 2. The number of rotatable bonds is 5. The van der Waals surface area contributed by atoms with Gasteiger partial charge in [-0.3, -0.25) is 14.9 Å². The van der Waals surface area contributed by atoms with Gasteiger partial charge in [-0.15, -0.1) is 0 Å². The zero-order valence-electron chi connectivity index (χ0n) is 19.0. The summed E-state index contributed by atoms with van der Waals surface area (Å²) >= 11 is 0. The molecule has 10 nitrogen and oxygen atoms in total. The van der Waals surface area contributed by atoms with Crippen LogP contribution >= 0.6 is 0 Å². The molecule has 2 N–H and O–H groups in total. The topological polar surface area (TPSA) is 135 Å². The molecule has 1 aromatic heterocycles. The van der Waals surface area contributed by atoms with Crippen LogP contribution in [0.25, 0.3) is 11.1 Å². The fourth-order valence-electron chi connectivity index (χ4n) is 4.98. The van der Waals surface area contributed by atoms with Gasteiger partial charge in [0, 0.05) is 18.5 Å². The lowest BCUT2D eigenvalue weighted by Gasteiger charge is -2.35. The lowest BCUT2D eigenvalue weighted by Crippen LogP contribution is -2.46. The molecule has 0 radical (unpaired) electrons. The van der Waals surface area contributed by atoms with Crippen molar-refractivity contribution >= 4 is 23.8 Å². The summed E-state index contributed by atoms with van der Waals surface area (Å²) in [4.78, 5) is 38.4. The normalized spacial score (nSPS) is 19.1. The summed E-state index contributed by atoms with van der Waals surface area (Å²) in [6.07, 6.45) is -0.109. The Morgan fingerprint density at radius 2 is 1.74 bits per heavy atom. The Labute approximate surface area is 200 Å². The predicted octanol–water partition coefficient (Wildman–Crippen LogP) is 3.76. The van der Waals surface area contributed by atoms with Crippen LogP contribution in [0, 0.1) is 5.92 Å². The number of piperidine rings is 1. The van der Waals surface area contributed by atoms with Crippen molar-refractivity contribution in [2.45, 2.75) is 31.7 Å². The Morgan fingerprint density at radius 3 is 2.37 bits per heavy atom. The van der Waals surface area contributed by atoms with Crippen molar-refractivity contribution in [3.05, 3.63) is 65.4 Å². The van der Waals surface area contributed by atoms with E-state index in [1.165, 1.54) is 4.90 Å². The Hall–Kier alpha value is -4.21. The molecule has 0 bridgehead atoms. The highest BCUT2D eigenvalue weighted by atomic mass is 16.6. The first-order chi connectivity index (χ1) is 16.9. The number of carboxylic acid groups (broad SMARTS) is 1. The van der Waals surface area contributed by atoms with Gasteiger partial charge >= 0.3 is 12.1 Å². The molecule has 1 aliphatic heterocycles. The van der Waals surface area contributed by atoms with Crippen LogP contribution in [-0.2, 0) is 9.53 Å². The second-order valence-electron chi connectivity index (χ2n) is 8.82. The van der Waals surface area contributed by atoms with Crippen molar-refractivity contribution in [2.24, 2.45) is 5.92 Å². The van der Waals surface area contributed by atoms with Gasteiger partial charge in [-0.05, 0) is 52.3 Å². The summed E-state index contributed by atoms with van der Waals surface area (Å²) in [6, 6.07) is 15.7. The summed E-state index contributed by atoms with van der Waals surface area (Å²) in [7, 11) is 0. The number of nitrogens with one attached hydrogen (secondary N) is 1. The van der Waals surface area contributed by atoms with Crippen LogP contribution in [-0.4, -0.2) is 57.5 Å². The lowest BCUT2D eigenvalue weighted by atomic mass is 9.91. The third kappa shape index (κ3) is 4.23. The molecule has 1 aliphatic carbocycles. The molecule has 0 unspecified atom stereocenters. The zero-order chi connectivity index (χ0) is 24.5. The summed E-state index contributed by atoms with van der Waals surface area (Å²) in [5.41, 5.74) is 4.25. The maximum absolute atomic E-state index is 13.0. The number of likely N-dealkylation sites (tertiary alicyclic amines) is 1. The van der Waals surface area contributed by atoms with Crippen LogP contribution in [0.1, 0.15) is 47.3 Å². The minimum absolute atomic E-state index is 0.105. The molecule has 1 saturated heterocycles. The first-order valence-electron chi connectivity index (χ1n) is 11.4. The molecule has 0 saturated carbocycles. The third-order valence-corrected chi connectivity index (χ3v) is 6.74. The van der Waals surface area contributed by atoms with E-state index in [1.807, 2.05) is 48.5 Å². The van der Waals surface area contributed by atoms with E-state index in [2.05, 4.69) is 15.6 Å². The molecule has 180 valence electrons. The maximum atomic E-state index is 13.0. The molecule has 3 aromatic rings. The van der Waals surface area contributed by atoms with Gasteiger partial charge in [0.2, 0.25) is 11.5 Å². The van der Waals surface area contributed by atoms with Gasteiger partial charge in [-0.25, -0.2) is 9.42 Å². The van der Waals surface area contributed by atoms with Gasteiger partial charge in [-0.2, -0.15) is 0 Å². The fourth-order valence-corrected chi connectivity index (χ4v) is 4.98. The minimum atomic E-state index is -0.871. The minimum Gasteiger partial charge on any atom is -0.481 e. The van der Waals surface area contributed by atoms with E-state index in [0.29, 0.717) is 12.8 Å².